The summed E-state index contributed by atoms with van der Waals surface area (Å²) in [5.74, 6) is 0.795. The molecule has 1 aliphatic rings. The van der Waals surface area contributed by atoms with Crippen molar-refractivity contribution in [3.05, 3.63) is 62.5 Å². The van der Waals surface area contributed by atoms with Crippen LogP contribution in [0.25, 0.3) is 4.96 Å². The van der Waals surface area contributed by atoms with Crippen LogP contribution in [0.5, 0.6) is 5.75 Å². The number of hydrogen-bond donors (Lipinski definition) is 0. The average molecular weight is 326 g/mol. The molecule has 0 spiro atoms. The molecule has 0 fully saturated rings. The minimum atomic E-state index is 0.0110. The van der Waals surface area contributed by atoms with Gasteiger partial charge in [0, 0.05) is 16.6 Å². The molecule has 0 saturated carbocycles. The first-order chi connectivity index (χ1) is 11.2. The summed E-state index contributed by atoms with van der Waals surface area (Å²) in [5.41, 5.74) is 3.06. The molecule has 1 aromatic carbocycles. The van der Waals surface area contributed by atoms with Crippen LogP contribution >= 0.6 is 11.3 Å². The standard InChI is InChI=1S/C18H18N2O2S/c1-12-6-8-14(9-7-12)22-11-13-10-17(21)20-15-4-2-3-5-16(15)23-18(20)19-13/h6-10H,2-5,11H2,1H3. The molecule has 0 saturated heterocycles. The highest BCUT2D eigenvalue weighted by Crippen LogP contribution is 2.28. The molecule has 4 nitrogen and oxygen atoms in total. The van der Waals surface area contributed by atoms with Gasteiger partial charge in [-0.2, -0.15) is 0 Å². The van der Waals surface area contributed by atoms with E-state index in [0.29, 0.717) is 12.3 Å². The van der Waals surface area contributed by atoms with Gasteiger partial charge in [-0.25, -0.2) is 4.98 Å². The molecule has 0 unspecified atom stereocenters. The molecule has 118 valence electrons. The monoisotopic (exact) mass is 326 g/mol. The Morgan fingerprint density at radius 1 is 1.22 bits per heavy atom. The summed E-state index contributed by atoms with van der Waals surface area (Å²) in [6, 6.07) is 9.49. The summed E-state index contributed by atoms with van der Waals surface area (Å²) < 4.78 is 7.53. The third-order valence-corrected chi connectivity index (χ3v) is 5.36. The number of aryl methyl sites for hydroxylation is 3. The average Bonchev–Trinajstić information content (AvgIpc) is 2.93. The smallest absolute Gasteiger partial charge is 0.259 e. The molecule has 2 heterocycles. The molecular formula is C18H18N2O2S. The zero-order valence-electron chi connectivity index (χ0n) is 13.0. The number of fused-ring (bicyclic) bond motifs is 3. The molecule has 23 heavy (non-hydrogen) atoms. The quantitative estimate of drug-likeness (QED) is 0.739. The van der Waals surface area contributed by atoms with E-state index in [1.165, 1.54) is 22.6 Å². The lowest BCUT2D eigenvalue weighted by Gasteiger charge is -2.10. The number of nitrogens with zero attached hydrogens (tertiary/aromatic N) is 2. The number of hydrogen-bond acceptors (Lipinski definition) is 4. The van der Waals surface area contributed by atoms with Gasteiger partial charge in [-0.15, -0.1) is 11.3 Å². The van der Waals surface area contributed by atoms with Gasteiger partial charge in [-0.1, -0.05) is 17.7 Å². The zero-order chi connectivity index (χ0) is 15.8. The van der Waals surface area contributed by atoms with Crippen LogP contribution in [0, 0.1) is 6.92 Å². The SMILES string of the molecule is Cc1ccc(OCc2cc(=O)n3c4c(sc3n2)CCCC4)cc1. The Labute approximate surface area is 138 Å². The Hall–Kier alpha value is -2.14. The highest BCUT2D eigenvalue weighted by molar-refractivity contribution is 7.17. The van der Waals surface area contributed by atoms with E-state index in [1.54, 1.807) is 21.8 Å². The first-order valence-electron chi connectivity index (χ1n) is 7.93. The Kier molecular flexibility index (Phi) is 3.65. The highest BCUT2D eigenvalue weighted by atomic mass is 32.1. The van der Waals surface area contributed by atoms with Gasteiger partial charge >= 0.3 is 0 Å². The summed E-state index contributed by atoms with van der Waals surface area (Å²) >= 11 is 1.65. The van der Waals surface area contributed by atoms with Crippen molar-refractivity contribution in [2.24, 2.45) is 0 Å². The van der Waals surface area contributed by atoms with E-state index in [-0.39, 0.29) is 5.56 Å². The number of rotatable bonds is 3. The normalized spacial score (nSPS) is 14.0. The van der Waals surface area contributed by atoms with Gasteiger partial charge in [0.05, 0.1) is 5.69 Å². The molecule has 0 radical (unpaired) electrons. The lowest BCUT2D eigenvalue weighted by Crippen LogP contribution is -2.18. The molecular weight excluding hydrogens is 308 g/mol. The van der Waals surface area contributed by atoms with Crippen molar-refractivity contribution >= 4 is 16.3 Å². The molecule has 0 atom stereocenters. The van der Waals surface area contributed by atoms with Gasteiger partial charge in [-0.3, -0.25) is 9.20 Å². The van der Waals surface area contributed by atoms with Gasteiger partial charge in [0.25, 0.3) is 5.56 Å². The maximum atomic E-state index is 12.5. The van der Waals surface area contributed by atoms with Crippen LogP contribution in [-0.2, 0) is 19.4 Å². The van der Waals surface area contributed by atoms with Crippen LogP contribution in [0.15, 0.2) is 35.1 Å². The molecule has 1 aliphatic carbocycles. The number of ether oxygens (including phenoxy) is 1. The van der Waals surface area contributed by atoms with E-state index in [0.717, 1.165) is 30.0 Å². The van der Waals surface area contributed by atoms with Crippen LogP contribution in [0.4, 0.5) is 0 Å². The lowest BCUT2D eigenvalue weighted by molar-refractivity contribution is 0.301. The van der Waals surface area contributed by atoms with Crippen molar-refractivity contribution < 1.29 is 4.74 Å². The number of benzene rings is 1. The van der Waals surface area contributed by atoms with Gasteiger partial charge in [0.2, 0.25) is 0 Å². The largest absolute Gasteiger partial charge is 0.487 e. The fraction of sp³-hybridized carbons (Fsp3) is 0.333. The van der Waals surface area contributed by atoms with Gasteiger partial charge in [0.15, 0.2) is 4.96 Å². The van der Waals surface area contributed by atoms with Gasteiger partial charge in [0.1, 0.15) is 12.4 Å². The summed E-state index contributed by atoms with van der Waals surface area (Å²) in [7, 11) is 0. The van der Waals surface area contributed by atoms with Gasteiger partial charge in [-0.05, 0) is 44.7 Å². The van der Waals surface area contributed by atoms with Crippen LogP contribution in [0.3, 0.4) is 0 Å². The molecule has 0 amide bonds. The third kappa shape index (κ3) is 2.77. The fourth-order valence-electron chi connectivity index (χ4n) is 3.01. The predicted molar refractivity (Wildman–Crippen MR) is 91.5 cm³/mol. The second kappa shape index (κ2) is 5.81. The summed E-state index contributed by atoms with van der Waals surface area (Å²) in [6.45, 7) is 2.36. The van der Waals surface area contributed by atoms with Crippen LogP contribution in [0.1, 0.15) is 34.7 Å². The van der Waals surface area contributed by atoms with Crippen LogP contribution in [-0.4, -0.2) is 9.38 Å². The Morgan fingerprint density at radius 3 is 2.83 bits per heavy atom. The lowest BCUT2D eigenvalue weighted by atomic mass is 10.0. The van der Waals surface area contributed by atoms with Crippen molar-refractivity contribution in [1.29, 1.82) is 0 Å². The van der Waals surface area contributed by atoms with E-state index in [4.69, 9.17) is 4.74 Å². The molecule has 4 rings (SSSR count). The van der Waals surface area contributed by atoms with E-state index in [2.05, 4.69) is 4.98 Å². The summed E-state index contributed by atoms with van der Waals surface area (Å²) in [5, 5.41) is 0. The highest BCUT2D eigenvalue weighted by Gasteiger charge is 2.18. The first-order valence-corrected chi connectivity index (χ1v) is 8.75. The molecule has 5 heteroatoms. The van der Waals surface area contributed by atoms with Gasteiger partial charge < -0.3 is 4.74 Å². The second-order valence-electron chi connectivity index (χ2n) is 5.98. The zero-order valence-corrected chi connectivity index (χ0v) is 13.9. The van der Waals surface area contributed by atoms with Crippen molar-refractivity contribution in [3.63, 3.8) is 0 Å². The predicted octanol–water partition coefficient (Wildman–Crippen LogP) is 3.52. The maximum absolute atomic E-state index is 12.5. The number of thiazole rings is 1. The molecule has 0 N–H and O–H groups in total. The Balaban J connectivity index is 1.63. The van der Waals surface area contributed by atoms with Crippen LogP contribution < -0.4 is 10.3 Å². The minimum Gasteiger partial charge on any atom is -0.487 e. The molecule has 3 aromatic rings. The minimum absolute atomic E-state index is 0.0110. The third-order valence-electron chi connectivity index (χ3n) is 4.22. The molecule has 0 bridgehead atoms. The van der Waals surface area contributed by atoms with Crippen molar-refractivity contribution in [2.45, 2.75) is 39.2 Å². The topological polar surface area (TPSA) is 43.6 Å². The van der Waals surface area contributed by atoms with E-state index in [1.807, 2.05) is 31.2 Å². The second-order valence-corrected chi connectivity index (χ2v) is 7.05. The Bertz CT molecular complexity index is 909. The van der Waals surface area contributed by atoms with E-state index >= 15 is 0 Å². The molecule has 2 aromatic heterocycles. The molecule has 0 aliphatic heterocycles. The first kappa shape index (κ1) is 14.5. The van der Waals surface area contributed by atoms with Crippen LogP contribution in [0.2, 0.25) is 0 Å². The van der Waals surface area contributed by atoms with E-state index in [9.17, 15) is 4.79 Å². The van der Waals surface area contributed by atoms with Crippen molar-refractivity contribution in [3.8, 4) is 5.75 Å². The summed E-state index contributed by atoms with van der Waals surface area (Å²) in [4.78, 5) is 19.2. The number of aromatic nitrogens is 2. The summed E-state index contributed by atoms with van der Waals surface area (Å²) in [6.07, 6.45) is 4.41. The van der Waals surface area contributed by atoms with E-state index < -0.39 is 0 Å². The fourth-order valence-corrected chi connectivity index (χ4v) is 4.24. The van der Waals surface area contributed by atoms with Crippen molar-refractivity contribution in [1.82, 2.24) is 9.38 Å². The van der Waals surface area contributed by atoms with Crippen molar-refractivity contribution in [2.75, 3.05) is 0 Å². The maximum Gasteiger partial charge on any atom is 0.259 e. The Morgan fingerprint density at radius 2 is 2.00 bits per heavy atom.